The number of halogens is 1. The predicted octanol–water partition coefficient (Wildman–Crippen LogP) is 4.68. The van der Waals surface area contributed by atoms with Crippen LogP contribution >= 0.6 is 35.1 Å². The smallest absolute Gasteiger partial charge is 0.285 e. The summed E-state index contributed by atoms with van der Waals surface area (Å²) >= 11 is 8.52. The lowest BCUT2D eigenvalue weighted by Gasteiger charge is -2.06. The molecule has 7 heteroatoms. The molecule has 0 radical (unpaired) electrons. The van der Waals surface area contributed by atoms with E-state index >= 15 is 0 Å². The van der Waals surface area contributed by atoms with Gasteiger partial charge in [0.25, 0.3) is 5.91 Å². The van der Waals surface area contributed by atoms with Gasteiger partial charge in [-0.1, -0.05) is 77.6 Å². The second-order valence-corrected chi connectivity index (χ2v) is 7.68. The van der Waals surface area contributed by atoms with Gasteiger partial charge in [-0.25, -0.2) is 0 Å². The monoisotopic (exact) mass is 388 g/mol. The van der Waals surface area contributed by atoms with Crippen LogP contribution in [0.15, 0.2) is 64.5 Å². The van der Waals surface area contributed by atoms with Gasteiger partial charge in [0, 0.05) is 0 Å². The summed E-state index contributed by atoms with van der Waals surface area (Å²) in [5.41, 5.74) is 1.51. The fourth-order valence-electron chi connectivity index (χ4n) is 2.03. The predicted molar refractivity (Wildman–Crippen MR) is 107 cm³/mol. The first kappa shape index (κ1) is 17.8. The first-order valence-corrected chi connectivity index (χ1v) is 9.54. The minimum atomic E-state index is -0.275. The first-order chi connectivity index (χ1) is 12.1. The lowest BCUT2D eigenvalue weighted by atomic mass is 10.2. The van der Waals surface area contributed by atoms with Crippen LogP contribution in [-0.4, -0.2) is 21.9 Å². The maximum absolute atomic E-state index is 12.0. The molecule has 1 N–H and O–H groups in total. The summed E-state index contributed by atoms with van der Waals surface area (Å²) in [6, 6.07) is 16.6. The minimum absolute atomic E-state index is 0.156. The van der Waals surface area contributed by atoms with E-state index in [-0.39, 0.29) is 17.6 Å². The molecule has 2 aromatic rings. The fourth-order valence-corrected chi connectivity index (χ4v) is 4.01. The van der Waals surface area contributed by atoms with Gasteiger partial charge in [0.1, 0.15) is 4.38 Å². The first-order valence-electron chi connectivity index (χ1n) is 7.36. The number of carbonyl (C=O) groups excluding carboxylic acids is 2. The number of thioether (sulfide) groups is 2. The molecular formula is C18H13ClN2O2S2. The van der Waals surface area contributed by atoms with Crippen LogP contribution in [0.4, 0.5) is 5.69 Å². The van der Waals surface area contributed by atoms with Crippen molar-refractivity contribution in [1.29, 1.82) is 0 Å². The third-order valence-corrected chi connectivity index (χ3v) is 5.63. The summed E-state index contributed by atoms with van der Waals surface area (Å²) in [4.78, 5) is 28.5. The Morgan fingerprint density at radius 2 is 1.88 bits per heavy atom. The molecule has 0 saturated carbocycles. The summed E-state index contributed by atoms with van der Waals surface area (Å²) < 4.78 is 0.571. The molecule has 1 heterocycles. The van der Waals surface area contributed by atoms with Gasteiger partial charge in [-0.15, -0.1) is 0 Å². The summed E-state index contributed by atoms with van der Waals surface area (Å²) in [7, 11) is 0. The largest absolute Gasteiger partial charge is 0.324 e. The number of anilines is 1. The maximum atomic E-state index is 12.0. The van der Waals surface area contributed by atoms with Crippen molar-refractivity contribution in [2.45, 2.75) is 0 Å². The van der Waals surface area contributed by atoms with E-state index in [0.717, 1.165) is 5.56 Å². The highest BCUT2D eigenvalue weighted by Gasteiger charge is 2.22. The topological polar surface area (TPSA) is 58.5 Å². The number of nitrogens with one attached hydrogen (secondary N) is 1. The van der Waals surface area contributed by atoms with E-state index in [1.54, 1.807) is 30.3 Å². The molecule has 2 amide bonds. The van der Waals surface area contributed by atoms with Crippen molar-refractivity contribution in [3.8, 4) is 0 Å². The molecule has 2 aromatic carbocycles. The number of benzene rings is 2. The van der Waals surface area contributed by atoms with E-state index in [2.05, 4.69) is 10.3 Å². The van der Waals surface area contributed by atoms with Crippen LogP contribution in [0.25, 0.3) is 6.08 Å². The third-order valence-electron chi connectivity index (χ3n) is 3.17. The van der Waals surface area contributed by atoms with Crippen molar-refractivity contribution in [1.82, 2.24) is 0 Å². The maximum Gasteiger partial charge on any atom is 0.285 e. The van der Waals surface area contributed by atoms with Crippen LogP contribution in [0.1, 0.15) is 5.56 Å². The molecule has 0 fully saturated rings. The number of amides is 2. The third kappa shape index (κ3) is 4.98. The van der Waals surface area contributed by atoms with E-state index in [1.807, 2.05) is 30.3 Å². The van der Waals surface area contributed by atoms with Gasteiger partial charge in [-0.2, -0.15) is 4.99 Å². The van der Waals surface area contributed by atoms with Crippen LogP contribution in [0.3, 0.4) is 0 Å². The standard InChI is InChI=1S/C18H13ClN2O2S2/c19-13-8-4-5-9-14(13)20-16(22)11-24-18-21-17(23)15(25-18)10-12-6-2-1-3-7-12/h1-10H,11H2,(H,20,22). The second kappa shape index (κ2) is 8.38. The molecule has 126 valence electrons. The second-order valence-electron chi connectivity index (χ2n) is 5.02. The van der Waals surface area contributed by atoms with E-state index in [4.69, 9.17) is 11.6 Å². The van der Waals surface area contributed by atoms with Gasteiger partial charge in [0.2, 0.25) is 5.91 Å². The van der Waals surface area contributed by atoms with Crippen LogP contribution in [0.5, 0.6) is 0 Å². The van der Waals surface area contributed by atoms with E-state index in [1.165, 1.54) is 23.5 Å². The Labute approximate surface area is 158 Å². The average Bonchev–Trinajstić information content (AvgIpc) is 2.96. The lowest BCUT2D eigenvalue weighted by Crippen LogP contribution is -2.14. The molecule has 4 nitrogen and oxygen atoms in total. The number of aliphatic imine (C=N–C) groups is 1. The molecule has 25 heavy (non-hydrogen) atoms. The fraction of sp³-hybridized carbons (Fsp3) is 0.0556. The molecule has 0 saturated heterocycles. The highest BCUT2D eigenvalue weighted by molar-refractivity contribution is 8.41. The Hall–Kier alpha value is -2.02. The van der Waals surface area contributed by atoms with Crippen molar-refractivity contribution in [3.05, 3.63) is 70.1 Å². The SMILES string of the molecule is O=C(CSC1=NC(=O)C(=Cc2ccccc2)S1)Nc1ccccc1Cl. The van der Waals surface area contributed by atoms with Crippen molar-refractivity contribution in [3.63, 3.8) is 0 Å². The number of para-hydroxylation sites is 1. The summed E-state index contributed by atoms with van der Waals surface area (Å²) in [5, 5.41) is 3.22. The summed E-state index contributed by atoms with van der Waals surface area (Å²) in [6.07, 6.45) is 1.80. The summed E-state index contributed by atoms with van der Waals surface area (Å²) in [6.45, 7) is 0. The molecule has 1 aliphatic heterocycles. The van der Waals surface area contributed by atoms with Gasteiger partial charge in [0.15, 0.2) is 0 Å². The number of rotatable bonds is 4. The van der Waals surface area contributed by atoms with Crippen LogP contribution in [-0.2, 0) is 9.59 Å². The minimum Gasteiger partial charge on any atom is -0.324 e. The van der Waals surface area contributed by atoms with E-state index in [9.17, 15) is 9.59 Å². The zero-order valence-electron chi connectivity index (χ0n) is 12.9. The number of hydrogen-bond donors (Lipinski definition) is 1. The molecule has 1 aliphatic rings. The van der Waals surface area contributed by atoms with Crippen LogP contribution < -0.4 is 5.32 Å². The van der Waals surface area contributed by atoms with Gasteiger partial charge >= 0.3 is 0 Å². The van der Waals surface area contributed by atoms with Gasteiger partial charge in [-0.05, 0) is 23.8 Å². The molecule has 0 atom stereocenters. The molecule has 0 aliphatic carbocycles. The molecule has 3 rings (SSSR count). The Morgan fingerprint density at radius 3 is 2.64 bits per heavy atom. The van der Waals surface area contributed by atoms with Crippen molar-refractivity contribution in [2.75, 3.05) is 11.1 Å². The summed E-state index contributed by atoms with van der Waals surface area (Å²) in [5.74, 6) is -0.319. The van der Waals surface area contributed by atoms with Crippen molar-refractivity contribution in [2.24, 2.45) is 4.99 Å². The Bertz CT molecular complexity index is 866. The molecule has 0 aromatic heterocycles. The molecule has 0 spiro atoms. The lowest BCUT2D eigenvalue weighted by molar-refractivity contribution is -0.114. The highest BCUT2D eigenvalue weighted by Crippen LogP contribution is 2.33. The van der Waals surface area contributed by atoms with E-state index in [0.29, 0.717) is 20.0 Å². The Balaban J connectivity index is 1.55. The Morgan fingerprint density at radius 1 is 1.16 bits per heavy atom. The van der Waals surface area contributed by atoms with E-state index < -0.39 is 0 Å². The zero-order valence-corrected chi connectivity index (χ0v) is 15.3. The number of nitrogens with zero attached hydrogens (tertiary/aromatic N) is 1. The quantitative estimate of drug-likeness (QED) is 0.772. The van der Waals surface area contributed by atoms with Gasteiger partial charge in [-0.3, -0.25) is 9.59 Å². The molecule has 0 unspecified atom stereocenters. The van der Waals surface area contributed by atoms with Gasteiger partial charge in [0.05, 0.1) is 21.4 Å². The van der Waals surface area contributed by atoms with Crippen LogP contribution in [0.2, 0.25) is 5.02 Å². The van der Waals surface area contributed by atoms with Gasteiger partial charge < -0.3 is 5.32 Å². The Kier molecular flexibility index (Phi) is 5.96. The zero-order chi connectivity index (χ0) is 17.6. The average molecular weight is 389 g/mol. The molecule has 0 bridgehead atoms. The normalized spacial score (nSPS) is 15.3. The number of carbonyl (C=O) groups is 2. The van der Waals surface area contributed by atoms with Crippen LogP contribution in [0, 0.1) is 0 Å². The number of hydrogen-bond acceptors (Lipinski definition) is 4. The highest BCUT2D eigenvalue weighted by atomic mass is 35.5. The van der Waals surface area contributed by atoms with Crippen molar-refractivity contribution >= 4 is 63.1 Å². The van der Waals surface area contributed by atoms with Crippen molar-refractivity contribution < 1.29 is 9.59 Å². The molecular weight excluding hydrogens is 376 g/mol.